The molecule has 5 nitrogen and oxygen atoms in total. The number of hydrogen-bond acceptors (Lipinski definition) is 5. The van der Waals surface area contributed by atoms with Gasteiger partial charge in [0, 0.05) is 18.0 Å². The Labute approximate surface area is 154 Å². The number of hydrogen-bond donors (Lipinski definition) is 3. The summed E-state index contributed by atoms with van der Waals surface area (Å²) in [6.07, 6.45) is -3.77. The van der Waals surface area contributed by atoms with Crippen molar-refractivity contribution in [2.75, 3.05) is 11.9 Å². The molecule has 0 spiro atoms. The van der Waals surface area contributed by atoms with E-state index in [1.165, 1.54) is 0 Å². The van der Waals surface area contributed by atoms with E-state index in [1.54, 1.807) is 12.1 Å². The number of nitrogens with one attached hydrogen (secondary N) is 1. The molecule has 0 aliphatic rings. The first-order valence-electron chi connectivity index (χ1n) is 8.46. The maximum absolute atomic E-state index is 13.0. The Bertz CT molecular complexity index is 959. The van der Waals surface area contributed by atoms with Gasteiger partial charge in [0.15, 0.2) is 5.82 Å². The second-order valence-corrected chi connectivity index (χ2v) is 6.19. The molecule has 0 aliphatic carbocycles. The fourth-order valence-electron chi connectivity index (χ4n) is 2.60. The molecule has 27 heavy (non-hydrogen) atoms. The molecule has 0 saturated heterocycles. The number of para-hydroxylation sites is 1. The highest BCUT2D eigenvalue weighted by molar-refractivity contribution is 5.91. The lowest BCUT2D eigenvalue weighted by molar-refractivity contribution is -0.137. The average molecular weight is 376 g/mol. The van der Waals surface area contributed by atoms with Crippen LogP contribution in [0.25, 0.3) is 22.3 Å². The molecule has 0 fully saturated rings. The van der Waals surface area contributed by atoms with E-state index in [9.17, 15) is 18.3 Å². The third-order valence-electron chi connectivity index (χ3n) is 4.22. The van der Waals surface area contributed by atoms with Crippen LogP contribution in [0.2, 0.25) is 0 Å². The summed E-state index contributed by atoms with van der Waals surface area (Å²) >= 11 is 0. The van der Waals surface area contributed by atoms with Crippen molar-refractivity contribution in [3.63, 3.8) is 0 Å². The predicted octanol–water partition coefficient (Wildman–Crippen LogP) is 4.17. The highest BCUT2D eigenvalue weighted by Gasteiger charge is 2.31. The van der Waals surface area contributed by atoms with E-state index in [-0.39, 0.29) is 23.2 Å². The smallest absolute Gasteiger partial charge is 0.416 e. The van der Waals surface area contributed by atoms with Gasteiger partial charge in [0.2, 0.25) is 0 Å². The Hall–Kier alpha value is -2.87. The molecule has 3 rings (SSSR count). The number of phenols is 1. The van der Waals surface area contributed by atoms with Gasteiger partial charge in [-0.25, -0.2) is 9.97 Å². The van der Waals surface area contributed by atoms with E-state index < -0.39 is 11.7 Å². The first-order chi connectivity index (χ1) is 12.8. The van der Waals surface area contributed by atoms with Crippen molar-refractivity contribution < 1.29 is 18.3 Å². The van der Waals surface area contributed by atoms with E-state index in [0.29, 0.717) is 17.9 Å². The van der Waals surface area contributed by atoms with E-state index in [1.807, 2.05) is 19.1 Å². The standard InChI is InChI=1S/C19H19F3N4O/c1-2-12(23)10-24-17-13-5-3-4-6-15(13)25-18(26-17)14-9-11(19(20,21)22)7-8-16(14)27/h3-9,12,27H,2,10,23H2,1H3,(H,24,25,26). The van der Waals surface area contributed by atoms with E-state index in [4.69, 9.17) is 5.73 Å². The van der Waals surface area contributed by atoms with Crippen LogP contribution in [0.1, 0.15) is 18.9 Å². The van der Waals surface area contributed by atoms with Gasteiger partial charge in [-0.2, -0.15) is 13.2 Å². The Kier molecular flexibility index (Phi) is 5.18. The molecular formula is C19H19F3N4O. The van der Waals surface area contributed by atoms with E-state index in [0.717, 1.165) is 30.0 Å². The Morgan fingerprint density at radius 2 is 1.89 bits per heavy atom. The molecule has 8 heteroatoms. The molecule has 4 N–H and O–H groups in total. The van der Waals surface area contributed by atoms with Crippen LogP contribution < -0.4 is 11.1 Å². The van der Waals surface area contributed by atoms with Crippen molar-refractivity contribution in [3.8, 4) is 17.1 Å². The molecule has 0 radical (unpaired) electrons. The molecule has 1 atom stereocenters. The maximum Gasteiger partial charge on any atom is 0.416 e. The van der Waals surface area contributed by atoms with E-state index in [2.05, 4.69) is 15.3 Å². The second-order valence-electron chi connectivity index (χ2n) is 6.19. The van der Waals surface area contributed by atoms with Gasteiger partial charge in [0.05, 0.1) is 16.6 Å². The maximum atomic E-state index is 13.0. The molecular weight excluding hydrogens is 357 g/mol. The van der Waals surface area contributed by atoms with Crippen LogP contribution in [-0.2, 0) is 6.18 Å². The monoisotopic (exact) mass is 376 g/mol. The average Bonchev–Trinajstić information content (AvgIpc) is 2.65. The molecule has 0 saturated carbocycles. The first kappa shape index (κ1) is 18.9. The van der Waals surface area contributed by atoms with Crippen LogP contribution in [0.4, 0.5) is 19.0 Å². The number of phenolic OH excluding ortho intramolecular Hbond substituents is 1. The zero-order valence-corrected chi connectivity index (χ0v) is 14.6. The lowest BCUT2D eigenvalue weighted by atomic mass is 10.1. The van der Waals surface area contributed by atoms with Gasteiger partial charge >= 0.3 is 6.18 Å². The Balaban J connectivity index is 2.12. The predicted molar refractivity (Wildman–Crippen MR) is 98.4 cm³/mol. The summed E-state index contributed by atoms with van der Waals surface area (Å²) in [7, 11) is 0. The third kappa shape index (κ3) is 4.11. The summed E-state index contributed by atoms with van der Waals surface area (Å²) in [6.45, 7) is 2.40. The highest BCUT2D eigenvalue weighted by Crippen LogP contribution is 2.36. The van der Waals surface area contributed by atoms with Crippen molar-refractivity contribution in [2.24, 2.45) is 5.73 Å². The molecule has 2 aromatic carbocycles. The number of benzene rings is 2. The van der Waals surface area contributed by atoms with Crippen LogP contribution in [0.3, 0.4) is 0 Å². The molecule has 1 aromatic heterocycles. The van der Waals surface area contributed by atoms with Crippen molar-refractivity contribution in [2.45, 2.75) is 25.6 Å². The summed E-state index contributed by atoms with van der Waals surface area (Å²) < 4.78 is 39.1. The van der Waals surface area contributed by atoms with Crippen LogP contribution in [0.5, 0.6) is 5.75 Å². The Morgan fingerprint density at radius 3 is 2.59 bits per heavy atom. The first-order valence-corrected chi connectivity index (χ1v) is 8.46. The highest BCUT2D eigenvalue weighted by atomic mass is 19.4. The number of fused-ring (bicyclic) bond motifs is 1. The lowest BCUT2D eigenvalue weighted by Gasteiger charge is -2.15. The summed E-state index contributed by atoms with van der Waals surface area (Å²) in [4.78, 5) is 8.68. The minimum Gasteiger partial charge on any atom is -0.507 e. The van der Waals surface area contributed by atoms with Crippen LogP contribution in [0, 0.1) is 0 Å². The number of alkyl halides is 3. The van der Waals surface area contributed by atoms with Crippen LogP contribution in [0.15, 0.2) is 42.5 Å². The zero-order valence-electron chi connectivity index (χ0n) is 14.6. The van der Waals surface area contributed by atoms with Gasteiger partial charge in [-0.05, 0) is 36.8 Å². The molecule has 1 unspecified atom stereocenters. The minimum absolute atomic E-state index is 0.00451. The van der Waals surface area contributed by atoms with Crippen molar-refractivity contribution in [1.29, 1.82) is 0 Å². The van der Waals surface area contributed by atoms with Crippen molar-refractivity contribution in [1.82, 2.24) is 9.97 Å². The lowest BCUT2D eigenvalue weighted by Crippen LogP contribution is -2.28. The van der Waals surface area contributed by atoms with Gasteiger partial charge in [0.25, 0.3) is 0 Å². The van der Waals surface area contributed by atoms with Gasteiger partial charge in [-0.15, -0.1) is 0 Å². The Morgan fingerprint density at radius 1 is 1.15 bits per heavy atom. The van der Waals surface area contributed by atoms with Crippen molar-refractivity contribution >= 4 is 16.7 Å². The summed E-state index contributed by atoms with van der Waals surface area (Å²) in [6, 6.07) is 9.70. The molecule has 1 heterocycles. The van der Waals surface area contributed by atoms with E-state index >= 15 is 0 Å². The third-order valence-corrected chi connectivity index (χ3v) is 4.22. The number of rotatable bonds is 5. The SMILES string of the molecule is CCC(N)CNc1nc(-c2cc(C(F)(F)F)ccc2O)nc2ccccc12. The van der Waals surface area contributed by atoms with Gasteiger partial charge in [-0.1, -0.05) is 19.1 Å². The molecule has 0 amide bonds. The van der Waals surface area contributed by atoms with Gasteiger partial charge < -0.3 is 16.2 Å². The fraction of sp³-hybridized carbons (Fsp3) is 0.263. The molecule has 142 valence electrons. The van der Waals surface area contributed by atoms with Crippen LogP contribution >= 0.6 is 0 Å². The van der Waals surface area contributed by atoms with Gasteiger partial charge in [0.1, 0.15) is 11.6 Å². The quantitative estimate of drug-likeness (QED) is 0.622. The minimum atomic E-state index is -4.53. The number of aromatic hydroxyl groups is 1. The largest absolute Gasteiger partial charge is 0.507 e. The second kappa shape index (κ2) is 7.40. The number of anilines is 1. The number of halogens is 3. The number of aromatic nitrogens is 2. The molecule has 0 aliphatic heterocycles. The van der Waals surface area contributed by atoms with Gasteiger partial charge in [-0.3, -0.25) is 0 Å². The molecule has 3 aromatic rings. The topological polar surface area (TPSA) is 84.1 Å². The normalized spacial score (nSPS) is 12.9. The molecule has 0 bridgehead atoms. The summed E-state index contributed by atoms with van der Waals surface area (Å²) in [5, 5.41) is 13.9. The summed E-state index contributed by atoms with van der Waals surface area (Å²) in [5.74, 6) is 0.135. The zero-order chi connectivity index (χ0) is 19.6. The van der Waals surface area contributed by atoms with Crippen LogP contribution in [-0.4, -0.2) is 27.7 Å². The fourth-order valence-corrected chi connectivity index (χ4v) is 2.60. The van der Waals surface area contributed by atoms with Crippen molar-refractivity contribution in [3.05, 3.63) is 48.0 Å². The summed E-state index contributed by atoms with van der Waals surface area (Å²) in [5.41, 5.74) is 5.52. The number of nitrogens with two attached hydrogens (primary N) is 1. The number of nitrogens with zero attached hydrogens (tertiary/aromatic N) is 2.